The molecule has 1 fully saturated rings. The smallest absolute Gasteiger partial charge is 0.140 e. The molecular weight excluding hydrogens is 290 g/mol. The molecule has 4 heteroatoms. The van der Waals surface area contributed by atoms with Crippen LogP contribution in [0.3, 0.4) is 0 Å². The molecule has 0 spiro atoms. The number of nitrogens with one attached hydrogen (secondary N) is 1. The summed E-state index contributed by atoms with van der Waals surface area (Å²) in [6.07, 6.45) is 5.82. The number of nitrogens with zero attached hydrogens (tertiary/aromatic N) is 2. The Labute approximate surface area is 118 Å². The Morgan fingerprint density at radius 3 is 2.83 bits per heavy atom. The lowest BCUT2D eigenvalue weighted by atomic mass is 9.94. The van der Waals surface area contributed by atoms with Crippen LogP contribution in [0.5, 0.6) is 0 Å². The number of aromatic nitrogens is 1. The topological polar surface area (TPSA) is 28.2 Å². The van der Waals surface area contributed by atoms with Crippen molar-refractivity contribution in [3.8, 4) is 0 Å². The highest BCUT2D eigenvalue weighted by molar-refractivity contribution is 9.10. The fourth-order valence-corrected chi connectivity index (χ4v) is 3.01. The third-order valence-electron chi connectivity index (χ3n) is 3.66. The summed E-state index contributed by atoms with van der Waals surface area (Å²) < 4.78 is 1.06. The number of piperidine rings is 1. The first-order valence-electron chi connectivity index (χ1n) is 6.69. The minimum absolute atomic E-state index is 0.873. The number of aryl methyl sites for hydroxylation is 1. The van der Waals surface area contributed by atoms with E-state index in [2.05, 4.69) is 51.2 Å². The van der Waals surface area contributed by atoms with E-state index < -0.39 is 0 Å². The van der Waals surface area contributed by atoms with Crippen molar-refractivity contribution in [3.63, 3.8) is 0 Å². The maximum Gasteiger partial charge on any atom is 0.140 e. The van der Waals surface area contributed by atoms with E-state index in [1.807, 2.05) is 6.20 Å². The molecule has 0 radical (unpaired) electrons. The molecule has 0 saturated carbocycles. The van der Waals surface area contributed by atoms with Gasteiger partial charge in [-0.15, -0.1) is 0 Å². The number of pyridine rings is 1. The predicted molar refractivity (Wildman–Crippen MR) is 80.0 cm³/mol. The molecule has 2 heterocycles. The first-order chi connectivity index (χ1) is 8.65. The van der Waals surface area contributed by atoms with Gasteiger partial charge in [0.05, 0.1) is 4.47 Å². The standard InChI is InChI=1S/C14H22BrN3/c1-11-9-13(15)14(17-10-11)16-6-3-12-4-7-18(2)8-5-12/h9-10,12H,3-8H2,1-2H3,(H,16,17). The molecular formula is C14H22BrN3. The van der Waals surface area contributed by atoms with Crippen LogP contribution >= 0.6 is 15.9 Å². The zero-order valence-corrected chi connectivity index (χ0v) is 12.8. The van der Waals surface area contributed by atoms with Crippen molar-refractivity contribution in [1.29, 1.82) is 0 Å². The number of anilines is 1. The predicted octanol–water partition coefficient (Wildman–Crippen LogP) is 3.30. The highest BCUT2D eigenvalue weighted by Crippen LogP contribution is 2.22. The molecule has 1 N–H and O–H groups in total. The molecule has 0 bridgehead atoms. The highest BCUT2D eigenvalue weighted by atomic mass is 79.9. The van der Waals surface area contributed by atoms with Gasteiger partial charge >= 0.3 is 0 Å². The SMILES string of the molecule is Cc1cnc(NCCC2CCN(C)CC2)c(Br)c1. The van der Waals surface area contributed by atoms with Gasteiger partial charge in [0.25, 0.3) is 0 Å². The monoisotopic (exact) mass is 311 g/mol. The fraction of sp³-hybridized carbons (Fsp3) is 0.643. The molecule has 100 valence electrons. The summed E-state index contributed by atoms with van der Waals surface area (Å²) in [5.41, 5.74) is 1.18. The van der Waals surface area contributed by atoms with E-state index in [1.54, 1.807) is 0 Å². The van der Waals surface area contributed by atoms with Gasteiger partial charge in [-0.3, -0.25) is 0 Å². The largest absolute Gasteiger partial charge is 0.369 e. The average Bonchev–Trinajstić information content (AvgIpc) is 2.34. The molecule has 0 aromatic carbocycles. The second-order valence-electron chi connectivity index (χ2n) is 5.31. The summed E-state index contributed by atoms with van der Waals surface area (Å²) in [4.78, 5) is 6.82. The highest BCUT2D eigenvalue weighted by Gasteiger charge is 2.16. The average molecular weight is 312 g/mol. The first kappa shape index (κ1) is 13.8. The Bertz CT molecular complexity index is 387. The third-order valence-corrected chi connectivity index (χ3v) is 4.27. The molecule has 1 aliphatic heterocycles. The van der Waals surface area contributed by atoms with E-state index in [1.165, 1.54) is 37.9 Å². The summed E-state index contributed by atoms with van der Waals surface area (Å²) >= 11 is 3.55. The van der Waals surface area contributed by atoms with E-state index in [0.717, 1.165) is 22.8 Å². The van der Waals surface area contributed by atoms with E-state index >= 15 is 0 Å². The van der Waals surface area contributed by atoms with Crippen molar-refractivity contribution < 1.29 is 0 Å². The van der Waals surface area contributed by atoms with E-state index in [4.69, 9.17) is 0 Å². The van der Waals surface area contributed by atoms with Crippen molar-refractivity contribution in [2.45, 2.75) is 26.2 Å². The summed E-state index contributed by atoms with van der Waals surface area (Å²) in [6, 6.07) is 2.10. The second-order valence-corrected chi connectivity index (χ2v) is 6.16. The van der Waals surface area contributed by atoms with E-state index in [0.29, 0.717) is 0 Å². The van der Waals surface area contributed by atoms with E-state index in [-0.39, 0.29) is 0 Å². The fourth-order valence-electron chi connectivity index (χ4n) is 2.41. The van der Waals surface area contributed by atoms with Gasteiger partial charge in [0.1, 0.15) is 5.82 Å². The van der Waals surface area contributed by atoms with Crippen LogP contribution in [-0.2, 0) is 0 Å². The molecule has 0 atom stereocenters. The number of hydrogen-bond acceptors (Lipinski definition) is 3. The molecule has 1 aliphatic rings. The molecule has 1 aromatic rings. The van der Waals surface area contributed by atoms with Crippen molar-refractivity contribution >= 4 is 21.7 Å². The van der Waals surface area contributed by atoms with Gasteiger partial charge < -0.3 is 10.2 Å². The molecule has 18 heavy (non-hydrogen) atoms. The molecule has 1 saturated heterocycles. The number of rotatable bonds is 4. The maximum atomic E-state index is 4.41. The van der Waals surface area contributed by atoms with E-state index in [9.17, 15) is 0 Å². The summed E-state index contributed by atoms with van der Waals surface area (Å²) in [6.45, 7) is 5.57. The van der Waals surface area contributed by atoms with Gasteiger partial charge in [0.2, 0.25) is 0 Å². The number of halogens is 1. The lowest BCUT2D eigenvalue weighted by molar-refractivity contribution is 0.215. The summed E-state index contributed by atoms with van der Waals surface area (Å²) in [7, 11) is 2.21. The van der Waals surface area contributed by atoms with Crippen LogP contribution in [0.4, 0.5) is 5.82 Å². The summed E-state index contributed by atoms with van der Waals surface area (Å²) in [5, 5.41) is 3.43. The zero-order chi connectivity index (χ0) is 13.0. The van der Waals surface area contributed by atoms with Gasteiger partial charge in [-0.1, -0.05) is 0 Å². The Hall–Kier alpha value is -0.610. The Morgan fingerprint density at radius 2 is 2.17 bits per heavy atom. The van der Waals surface area contributed by atoms with Crippen LogP contribution in [0.1, 0.15) is 24.8 Å². The van der Waals surface area contributed by atoms with Crippen LogP contribution in [0.25, 0.3) is 0 Å². The number of likely N-dealkylation sites (tertiary alicyclic amines) is 1. The van der Waals surface area contributed by atoms with Gasteiger partial charge in [0.15, 0.2) is 0 Å². The van der Waals surface area contributed by atoms with Crippen LogP contribution in [0.15, 0.2) is 16.7 Å². The maximum absolute atomic E-state index is 4.41. The molecule has 1 aromatic heterocycles. The van der Waals surface area contributed by atoms with Crippen molar-refractivity contribution in [1.82, 2.24) is 9.88 Å². The quantitative estimate of drug-likeness (QED) is 0.924. The van der Waals surface area contributed by atoms with Crippen LogP contribution < -0.4 is 5.32 Å². The molecule has 2 rings (SSSR count). The van der Waals surface area contributed by atoms with Gasteiger partial charge in [-0.25, -0.2) is 4.98 Å². The Balaban J connectivity index is 1.75. The lowest BCUT2D eigenvalue weighted by Crippen LogP contribution is -2.30. The molecule has 0 aliphatic carbocycles. The summed E-state index contributed by atoms with van der Waals surface area (Å²) in [5.74, 6) is 1.84. The Morgan fingerprint density at radius 1 is 1.44 bits per heavy atom. The van der Waals surface area contributed by atoms with Crippen LogP contribution in [0.2, 0.25) is 0 Å². The first-order valence-corrected chi connectivity index (χ1v) is 7.49. The van der Waals surface area contributed by atoms with Crippen molar-refractivity contribution in [2.24, 2.45) is 5.92 Å². The van der Waals surface area contributed by atoms with Crippen molar-refractivity contribution in [3.05, 3.63) is 22.3 Å². The van der Waals surface area contributed by atoms with Crippen LogP contribution in [-0.4, -0.2) is 36.6 Å². The minimum Gasteiger partial charge on any atom is -0.369 e. The van der Waals surface area contributed by atoms with Crippen LogP contribution in [0, 0.1) is 12.8 Å². The molecule has 3 nitrogen and oxygen atoms in total. The molecule has 0 amide bonds. The second kappa shape index (κ2) is 6.53. The third kappa shape index (κ3) is 3.95. The van der Waals surface area contributed by atoms with Crippen molar-refractivity contribution in [2.75, 3.05) is 32.0 Å². The zero-order valence-electron chi connectivity index (χ0n) is 11.2. The Kier molecular flexibility index (Phi) is 5.01. The normalized spacial score (nSPS) is 17.9. The molecule has 0 unspecified atom stereocenters. The number of hydrogen-bond donors (Lipinski definition) is 1. The van der Waals surface area contributed by atoms with Gasteiger partial charge in [0, 0.05) is 12.7 Å². The lowest BCUT2D eigenvalue weighted by Gasteiger charge is -2.28. The minimum atomic E-state index is 0.873. The van der Waals surface area contributed by atoms with Gasteiger partial charge in [-0.05, 0) is 79.8 Å². The van der Waals surface area contributed by atoms with Gasteiger partial charge in [-0.2, -0.15) is 0 Å².